The first-order valence-corrected chi connectivity index (χ1v) is 9.44. The SMILES string of the molecule is Nc1cccc(N[S+]([O-])c2ccc(-c3noc(-c4cccc(N)n4)n3)cc2)c1. The maximum atomic E-state index is 12.5. The lowest BCUT2D eigenvalue weighted by Gasteiger charge is -2.11. The predicted octanol–water partition coefficient (Wildman–Crippen LogP) is 3.10. The first-order chi connectivity index (χ1) is 13.6. The van der Waals surface area contributed by atoms with E-state index in [2.05, 4.69) is 19.8 Å². The van der Waals surface area contributed by atoms with Crippen LogP contribution in [-0.2, 0) is 11.4 Å². The van der Waals surface area contributed by atoms with Crippen molar-refractivity contribution in [2.24, 2.45) is 0 Å². The molecule has 1 unspecified atom stereocenters. The molecule has 1 atom stereocenters. The van der Waals surface area contributed by atoms with Gasteiger partial charge in [0.05, 0.1) is 5.69 Å². The number of aromatic nitrogens is 3. The van der Waals surface area contributed by atoms with E-state index in [-0.39, 0.29) is 5.89 Å². The Hall–Kier alpha value is -3.56. The molecular formula is C19H16N6O2S. The molecule has 0 aliphatic rings. The molecule has 2 heterocycles. The highest BCUT2D eigenvalue weighted by Crippen LogP contribution is 2.24. The van der Waals surface area contributed by atoms with Gasteiger partial charge in [0.2, 0.25) is 5.82 Å². The average molecular weight is 392 g/mol. The van der Waals surface area contributed by atoms with Gasteiger partial charge in [0.25, 0.3) is 5.89 Å². The third-order valence-corrected chi connectivity index (χ3v) is 4.96. The first-order valence-electron chi connectivity index (χ1n) is 8.29. The van der Waals surface area contributed by atoms with Gasteiger partial charge in [0.15, 0.2) is 4.90 Å². The summed E-state index contributed by atoms with van der Waals surface area (Å²) in [6.07, 6.45) is 0. The fourth-order valence-corrected chi connectivity index (χ4v) is 3.35. The molecule has 8 nitrogen and oxygen atoms in total. The number of nitrogens with one attached hydrogen (secondary N) is 1. The van der Waals surface area contributed by atoms with Crippen molar-refractivity contribution < 1.29 is 9.08 Å². The van der Waals surface area contributed by atoms with Crippen molar-refractivity contribution in [3.8, 4) is 23.0 Å². The second kappa shape index (κ2) is 7.59. The van der Waals surface area contributed by atoms with Crippen LogP contribution in [0.15, 0.2) is 76.1 Å². The van der Waals surface area contributed by atoms with Crippen LogP contribution >= 0.6 is 0 Å². The Morgan fingerprint density at radius 3 is 2.46 bits per heavy atom. The van der Waals surface area contributed by atoms with E-state index in [1.54, 1.807) is 66.7 Å². The Bertz CT molecular complexity index is 1100. The number of benzene rings is 2. The molecule has 0 fully saturated rings. The molecule has 0 amide bonds. The maximum absolute atomic E-state index is 12.5. The van der Waals surface area contributed by atoms with Crippen LogP contribution in [0.5, 0.6) is 0 Å². The predicted molar refractivity (Wildman–Crippen MR) is 108 cm³/mol. The zero-order valence-corrected chi connectivity index (χ0v) is 15.4. The van der Waals surface area contributed by atoms with Crippen molar-refractivity contribution in [1.82, 2.24) is 15.1 Å². The van der Waals surface area contributed by atoms with E-state index in [4.69, 9.17) is 16.0 Å². The van der Waals surface area contributed by atoms with Crippen molar-refractivity contribution in [2.75, 3.05) is 16.2 Å². The van der Waals surface area contributed by atoms with Gasteiger partial charge in [-0.3, -0.25) is 0 Å². The highest BCUT2D eigenvalue weighted by Gasteiger charge is 2.15. The first kappa shape index (κ1) is 17.8. The van der Waals surface area contributed by atoms with Gasteiger partial charge >= 0.3 is 0 Å². The Kier molecular flexibility index (Phi) is 4.83. The summed E-state index contributed by atoms with van der Waals surface area (Å²) in [5.74, 6) is 1.05. The van der Waals surface area contributed by atoms with Gasteiger partial charge in [0, 0.05) is 11.3 Å². The number of rotatable bonds is 5. The molecule has 0 radical (unpaired) electrons. The number of nitrogen functional groups attached to an aromatic ring is 2. The van der Waals surface area contributed by atoms with E-state index in [0.717, 1.165) is 5.56 Å². The third kappa shape index (κ3) is 3.90. The number of nitrogens with two attached hydrogens (primary N) is 2. The summed E-state index contributed by atoms with van der Waals surface area (Å²) in [7, 11) is 0. The summed E-state index contributed by atoms with van der Waals surface area (Å²) in [4.78, 5) is 9.10. The molecule has 0 saturated carbocycles. The summed E-state index contributed by atoms with van der Waals surface area (Å²) in [6, 6.07) is 19.3. The van der Waals surface area contributed by atoms with Crippen LogP contribution < -0.4 is 16.2 Å². The topological polar surface area (TPSA) is 139 Å². The maximum Gasteiger partial charge on any atom is 0.276 e. The van der Waals surface area contributed by atoms with Crippen molar-refractivity contribution in [3.05, 3.63) is 66.7 Å². The zero-order valence-electron chi connectivity index (χ0n) is 14.6. The molecule has 4 rings (SSSR count). The average Bonchev–Trinajstić information content (AvgIpc) is 3.18. The van der Waals surface area contributed by atoms with Gasteiger partial charge in [-0.25, -0.2) is 9.71 Å². The highest BCUT2D eigenvalue weighted by molar-refractivity contribution is 7.92. The minimum absolute atomic E-state index is 0.276. The second-order valence-electron chi connectivity index (χ2n) is 5.89. The van der Waals surface area contributed by atoms with Crippen molar-refractivity contribution in [1.29, 1.82) is 0 Å². The number of anilines is 3. The lowest BCUT2D eigenvalue weighted by atomic mass is 10.2. The smallest absolute Gasteiger partial charge is 0.276 e. The van der Waals surface area contributed by atoms with Gasteiger partial charge in [-0.15, -0.1) is 0 Å². The van der Waals surface area contributed by atoms with E-state index >= 15 is 0 Å². The Labute approximate surface area is 163 Å². The van der Waals surface area contributed by atoms with Gasteiger partial charge in [-0.1, -0.05) is 17.3 Å². The summed E-state index contributed by atoms with van der Waals surface area (Å²) < 4.78 is 20.7. The minimum atomic E-state index is -1.43. The Morgan fingerprint density at radius 2 is 1.71 bits per heavy atom. The molecular weight excluding hydrogens is 376 g/mol. The minimum Gasteiger partial charge on any atom is -0.588 e. The second-order valence-corrected chi connectivity index (χ2v) is 7.10. The van der Waals surface area contributed by atoms with Crippen LogP contribution in [0.3, 0.4) is 0 Å². The molecule has 140 valence electrons. The van der Waals surface area contributed by atoms with Crippen molar-refractivity contribution in [3.63, 3.8) is 0 Å². The molecule has 2 aromatic carbocycles. The van der Waals surface area contributed by atoms with Crippen molar-refractivity contribution >= 4 is 28.6 Å². The molecule has 2 aromatic heterocycles. The number of nitrogens with zero attached hydrogens (tertiary/aromatic N) is 3. The van der Waals surface area contributed by atoms with Crippen LogP contribution in [0.2, 0.25) is 0 Å². The zero-order chi connectivity index (χ0) is 19.5. The Balaban J connectivity index is 1.50. The fourth-order valence-electron chi connectivity index (χ4n) is 2.51. The molecule has 0 saturated heterocycles. The summed E-state index contributed by atoms with van der Waals surface area (Å²) >= 11 is -1.43. The van der Waals surface area contributed by atoms with Gasteiger partial charge in [-0.05, 0) is 54.6 Å². The molecule has 28 heavy (non-hydrogen) atoms. The van der Waals surface area contributed by atoms with Crippen LogP contribution in [0.1, 0.15) is 0 Å². The summed E-state index contributed by atoms with van der Waals surface area (Å²) in [5, 5.41) is 3.97. The summed E-state index contributed by atoms with van der Waals surface area (Å²) in [6.45, 7) is 0. The largest absolute Gasteiger partial charge is 0.588 e. The lowest BCUT2D eigenvalue weighted by molar-refractivity contribution is 0.431. The third-order valence-electron chi connectivity index (χ3n) is 3.84. The van der Waals surface area contributed by atoms with E-state index in [9.17, 15) is 4.55 Å². The molecule has 5 N–H and O–H groups in total. The highest BCUT2D eigenvalue weighted by atomic mass is 32.2. The van der Waals surface area contributed by atoms with Crippen LogP contribution in [0, 0.1) is 0 Å². The quantitative estimate of drug-likeness (QED) is 0.348. The monoisotopic (exact) mass is 392 g/mol. The van der Waals surface area contributed by atoms with Gasteiger partial charge in [-0.2, -0.15) is 4.98 Å². The Morgan fingerprint density at radius 1 is 0.929 bits per heavy atom. The van der Waals surface area contributed by atoms with E-state index in [0.29, 0.717) is 33.6 Å². The van der Waals surface area contributed by atoms with Crippen LogP contribution in [0.25, 0.3) is 23.0 Å². The number of hydrogen-bond donors (Lipinski definition) is 3. The van der Waals surface area contributed by atoms with Gasteiger partial charge < -0.3 is 20.5 Å². The number of hydrogen-bond acceptors (Lipinski definition) is 8. The lowest BCUT2D eigenvalue weighted by Crippen LogP contribution is -2.13. The fraction of sp³-hybridized carbons (Fsp3) is 0. The molecule has 9 heteroatoms. The standard InChI is InChI=1S/C19H16N6O2S/c20-13-3-1-4-14(11-13)25-28(26)15-9-7-12(8-10-15)18-23-19(27-24-18)16-5-2-6-17(21)22-16/h1-11,25H,20H2,(H2,21,22). The van der Waals surface area contributed by atoms with Gasteiger partial charge in [0.1, 0.15) is 22.9 Å². The van der Waals surface area contributed by atoms with E-state index in [1.165, 1.54) is 0 Å². The molecule has 4 aromatic rings. The molecule has 0 bridgehead atoms. The van der Waals surface area contributed by atoms with Crippen LogP contribution in [-0.4, -0.2) is 19.7 Å². The van der Waals surface area contributed by atoms with Crippen molar-refractivity contribution in [2.45, 2.75) is 4.90 Å². The normalized spacial score (nSPS) is 11.9. The summed E-state index contributed by atoms with van der Waals surface area (Å²) in [5.41, 5.74) is 13.9. The molecule has 0 aliphatic carbocycles. The molecule has 0 aliphatic heterocycles. The number of pyridine rings is 1. The van der Waals surface area contributed by atoms with Crippen LogP contribution in [0.4, 0.5) is 17.2 Å². The van der Waals surface area contributed by atoms with E-state index < -0.39 is 11.4 Å². The van der Waals surface area contributed by atoms with E-state index in [1.807, 2.05) is 0 Å². The molecule has 0 spiro atoms.